The summed E-state index contributed by atoms with van der Waals surface area (Å²) in [7, 11) is -4.14. The number of unbranched alkanes of at least 4 members (excludes halogenated alkanes) is 1. The Bertz CT molecular complexity index is 1670. The molecule has 0 fully saturated rings. The van der Waals surface area contributed by atoms with Crippen LogP contribution >= 0.6 is 15.9 Å². The standard InChI is InChI=1S/C36H40BrN3O4S/c1-3-5-23-38-36(42)34(25-28-15-8-6-9-16-28)39(26-29-17-14-19-31(37)24-29)35(41)27-40(33-22-13-12-18-30(33)4-2)45(43,44)32-20-10-7-11-21-32/h6-22,24,34H,3-5,23,25-27H2,1-2H3,(H,38,42)/t34-/m0/s1. The maximum absolute atomic E-state index is 14.6. The van der Waals surface area contributed by atoms with Gasteiger partial charge in [-0.15, -0.1) is 0 Å². The van der Waals surface area contributed by atoms with E-state index < -0.39 is 28.5 Å². The second-order valence-electron chi connectivity index (χ2n) is 10.8. The molecule has 0 radical (unpaired) electrons. The van der Waals surface area contributed by atoms with E-state index in [2.05, 4.69) is 21.2 Å². The van der Waals surface area contributed by atoms with Gasteiger partial charge in [-0.05, 0) is 59.9 Å². The molecule has 0 spiro atoms. The lowest BCUT2D eigenvalue weighted by Crippen LogP contribution is -2.53. The number of aryl methyl sites for hydroxylation is 1. The first kappa shape index (κ1) is 33.9. The lowest BCUT2D eigenvalue weighted by Gasteiger charge is -2.34. The molecule has 0 heterocycles. The number of hydrogen-bond donors (Lipinski definition) is 1. The van der Waals surface area contributed by atoms with Crippen LogP contribution in [0.1, 0.15) is 43.4 Å². The fourth-order valence-electron chi connectivity index (χ4n) is 5.18. The third-order valence-corrected chi connectivity index (χ3v) is 9.86. The molecule has 1 atom stereocenters. The van der Waals surface area contributed by atoms with Gasteiger partial charge in [0.25, 0.3) is 10.0 Å². The Hall–Kier alpha value is -3.95. The van der Waals surface area contributed by atoms with Gasteiger partial charge in [0.2, 0.25) is 11.8 Å². The Morgan fingerprint density at radius 2 is 1.47 bits per heavy atom. The highest BCUT2D eigenvalue weighted by atomic mass is 79.9. The van der Waals surface area contributed by atoms with Crippen LogP contribution in [-0.2, 0) is 39.0 Å². The molecule has 0 saturated heterocycles. The summed E-state index contributed by atoms with van der Waals surface area (Å²) in [6.07, 6.45) is 2.56. The number of anilines is 1. The van der Waals surface area contributed by atoms with Crippen LogP contribution in [0.4, 0.5) is 5.69 Å². The molecular formula is C36H40BrN3O4S. The summed E-state index contributed by atoms with van der Waals surface area (Å²) in [5, 5.41) is 3.02. The van der Waals surface area contributed by atoms with E-state index in [0.717, 1.165) is 34.0 Å². The van der Waals surface area contributed by atoms with E-state index in [1.54, 1.807) is 30.3 Å². The molecule has 2 amide bonds. The molecule has 9 heteroatoms. The van der Waals surface area contributed by atoms with Gasteiger partial charge in [0.05, 0.1) is 10.6 Å². The molecule has 0 aliphatic rings. The van der Waals surface area contributed by atoms with Gasteiger partial charge in [0.1, 0.15) is 12.6 Å². The van der Waals surface area contributed by atoms with Gasteiger partial charge in [-0.25, -0.2) is 8.42 Å². The van der Waals surface area contributed by atoms with Gasteiger partial charge >= 0.3 is 0 Å². The Morgan fingerprint density at radius 3 is 2.13 bits per heavy atom. The summed E-state index contributed by atoms with van der Waals surface area (Å²) in [4.78, 5) is 30.1. The lowest BCUT2D eigenvalue weighted by molar-refractivity contribution is -0.140. The fraction of sp³-hybridized carbons (Fsp3) is 0.278. The Balaban J connectivity index is 1.81. The number of carbonyl (C=O) groups is 2. The number of sulfonamides is 1. The van der Waals surface area contributed by atoms with Crippen LogP contribution < -0.4 is 9.62 Å². The normalized spacial score (nSPS) is 11.9. The summed E-state index contributed by atoms with van der Waals surface area (Å²) in [5.41, 5.74) is 2.93. The maximum atomic E-state index is 14.6. The monoisotopic (exact) mass is 689 g/mol. The van der Waals surface area contributed by atoms with E-state index in [-0.39, 0.29) is 23.8 Å². The number of halogens is 1. The van der Waals surface area contributed by atoms with Crippen LogP contribution in [0.3, 0.4) is 0 Å². The number of nitrogens with zero attached hydrogens (tertiary/aromatic N) is 2. The van der Waals surface area contributed by atoms with Crippen LogP contribution in [0, 0.1) is 0 Å². The number of carbonyl (C=O) groups excluding carboxylic acids is 2. The van der Waals surface area contributed by atoms with Crippen molar-refractivity contribution in [1.82, 2.24) is 10.2 Å². The maximum Gasteiger partial charge on any atom is 0.264 e. The van der Waals surface area contributed by atoms with Gasteiger partial charge < -0.3 is 10.2 Å². The molecule has 0 unspecified atom stereocenters. The largest absolute Gasteiger partial charge is 0.354 e. The van der Waals surface area contributed by atoms with Crippen LogP contribution in [0.2, 0.25) is 0 Å². The smallest absolute Gasteiger partial charge is 0.264 e. The Morgan fingerprint density at radius 1 is 0.822 bits per heavy atom. The van der Waals surface area contributed by atoms with E-state index in [1.807, 2.05) is 80.6 Å². The van der Waals surface area contributed by atoms with Crippen LogP contribution in [-0.4, -0.2) is 44.3 Å². The highest BCUT2D eigenvalue weighted by Gasteiger charge is 2.35. The van der Waals surface area contributed by atoms with E-state index in [9.17, 15) is 18.0 Å². The number of para-hydroxylation sites is 1. The molecule has 1 N–H and O–H groups in total. The highest BCUT2D eigenvalue weighted by Crippen LogP contribution is 2.28. The molecular weight excluding hydrogens is 650 g/mol. The van der Waals surface area contributed by atoms with Crippen molar-refractivity contribution in [3.63, 3.8) is 0 Å². The SMILES string of the molecule is CCCCNC(=O)[C@H](Cc1ccccc1)N(Cc1cccc(Br)c1)C(=O)CN(c1ccccc1CC)S(=O)(=O)c1ccccc1. The molecule has 0 aliphatic heterocycles. The second-order valence-corrected chi connectivity index (χ2v) is 13.6. The van der Waals surface area contributed by atoms with Crippen molar-refractivity contribution in [3.8, 4) is 0 Å². The van der Waals surface area contributed by atoms with E-state index in [1.165, 1.54) is 21.3 Å². The quantitative estimate of drug-likeness (QED) is 0.140. The third kappa shape index (κ3) is 9.05. The topological polar surface area (TPSA) is 86.8 Å². The predicted octanol–water partition coefficient (Wildman–Crippen LogP) is 6.76. The van der Waals surface area contributed by atoms with Crippen molar-refractivity contribution in [2.75, 3.05) is 17.4 Å². The zero-order chi connectivity index (χ0) is 32.2. The summed E-state index contributed by atoms with van der Waals surface area (Å²) < 4.78 is 30.4. The second kappa shape index (κ2) is 16.4. The third-order valence-electron chi connectivity index (χ3n) is 7.59. The van der Waals surface area contributed by atoms with Gasteiger partial charge in [-0.1, -0.05) is 115 Å². The van der Waals surface area contributed by atoms with Crippen LogP contribution in [0.25, 0.3) is 0 Å². The first-order chi connectivity index (χ1) is 21.7. The van der Waals surface area contributed by atoms with Crippen LogP contribution in [0.15, 0.2) is 119 Å². The summed E-state index contributed by atoms with van der Waals surface area (Å²) in [6.45, 7) is 4.12. The van der Waals surface area contributed by atoms with Crippen molar-refractivity contribution in [2.24, 2.45) is 0 Å². The molecule has 0 aliphatic carbocycles. The Kier molecular flexibility index (Phi) is 12.4. The number of nitrogens with one attached hydrogen (secondary N) is 1. The lowest BCUT2D eigenvalue weighted by atomic mass is 10.0. The average Bonchev–Trinajstić information content (AvgIpc) is 3.06. The van der Waals surface area contributed by atoms with Gasteiger partial charge in [-0.3, -0.25) is 13.9 Å². The molecule has 45 heavy (non-hydrogen) atoms. The molecule has 0 aromatic heterocycles. The summed E-state index contributed by atoms with van der Waals surface area (Å²) in [5.74, 6) is -0.756. The minimum Gasteiger partial charge on any atom is -0.354 e. The molecule has 4 rings (SSSR count). The highest BCUT2D eigenvalue weighted by molar-refractivity contribution is 9.10. The molecule has 0 saturated carbocycles. The van der Waals surface area contributed by atoms with Crippen molar-refractivity contribution in [2.45, 2.75) is 57.0 Å². The molecule has 4 aromatic rings. The summed E-state index contributed by atoms with van der Waals surface area (Å²) >= 11 is 3.52. The van der Waals surface area contributed by atoms with E-state index in [0.29, 0.717) is 18.7 Å². The average molecular weight is 691 g/mol. The predicted molar refractivity (Wildman–Crippen MR) is 183 cm³/mol. The number of hydrogen-bond acceptors (Lipinski definition) is 4. The Labute approximate surface area is 275 Å². The minimum atomic E-state index is -4.14. The minimum absolute atomic E-state index is 0.0837. The van der Waals surface area contributed by atoms with Crippen molar-refractivity contribution < 1.29 is 18.0 Å². The number of amides is 2. The van der Waals surface area contributed by atoms with Crippen molar-refractivity contribution in [3.05, 3.63) is 130 Å². The number of benzene rings is 4. The van der Waals surface area contributed by atoms with E-state index in [4.69, 9.17) is 0 Å². The number of rotatable bonds is 15. The zero-order valence-corrected chi connectivity index (χ0v) is 28.1. The van der Waals surface area contributed by atoms with Crippen molar-refractivity contribution >= 4 is 43.5 Å². The van der Waals surface area contributed by atoms with Gasteiger partial charge in [0, 0.05) is 24.0 Å². The van der Waals surface area contributed by atoms with Crippen LogP contribution in [0.5, 0.6) is 0 Å². The van der Waals surface area contributed by atoms with Crippen molar-refractivity contribution in [1.29, 1.82) is 0 Å². The first-order valence-corrected chi connectivity index (χ1v) is 17.5. The molecule has 236 valence electrons. The van der Waals surface area contributed by atoms with E-state index >= 15 is 0 Å². The fourth-order valence-corrected chi connectivity index (χ4v) is 7.10. The molecule has 7 nitrogen and oxygen atoms in total. The summed E-state index contributed by atoms with van der Waals surface area (Å²) in [6, 6.07) is 31.6. The van der Waals surface area contributed by atoms with Gasteiger partial charge in [0.15, 0.2) is 0 Å². The zero-order valence-electron chi connectivity index (χ0n) is 25.7. The van der Waals surface area contributed by atoms with Gasteiger partial charge in [-0.2, -0.15) is 0 Å². The first-order valence-electron chi connectivity index (χ1n) is 15.3. The molecule has 4 aromatic carbocycles. The molecule has 0 bridgehead atoms.